The molecule has 27 heavy (non-hydrogen) atoms. The molecular formula is C20H29Cl2N3O2. The molecule has 0 spiro atoms. The number of benzene rings is 1. The summed E-state index contributed by atoms with van der Waals surface area (Å²) in [4.78, 5) is 27.0. The van der Waals surface area contributed by atoms with Gasteiger partial charge in [0.05, 0.1) is 16.1 Å². The summed E-state index contributed by atoms with van der Waals surface area (Å²) in [5.41, 5.74) is 6.44. The van der Waals surface area contributed by atoms with Crippen LogP contribution in [0.1, 0.15) is 68.1 Å². The maximum absolute atomic E-state index is 12.8. The molecule has 0 aliphatic heterocycles. The molecule has 2 aliphatic carbocycles. The standard InChI is InChI=1S/C20H28ClN3O2.ClH/c1-24(15-7-3-2-4-8-15)18(25)16-10-9-14(13-17(16)21)23-19(26)20(22)11-5-6-12-20;/h9-10,13,15H,2-8,11-12,22H2,1H3,(H,23,26);1H. The van der Waals surface area contributed by atoms with Gasteiger partial charge in [0.1, 0.15) is 0 Å². The number of nitrogens with one attached hydrogen (secondary N) is 1. The van der Waals surface area contributed by atoms with Crippen LogP contribution in [0.5, 0.6) is 0 Å². The number of carbonyl (C=O) groups excluding carboxylic acids is 2. The molecule has 2 fully saturated rings. The molecule has 0 bridgehead atoms. The molecule has 150 valence electrons. The van der Waals surface area contributed by atoms with Gasteiger partial charge in [-0.25, -0.2) is 0 Å². The van der Waals surface area contributed by atoms with E-state index in [2.05, 4.69) is 5.32 Å². The summed E-state index contributed by atoms with van der Waals surface area (Å²) in [6, 6.07) is 5.34. The van der Waals surface area contributed by atoms with Crippen LogP contribution in [0.2, 0.25) is 5.02 Å². The van der Waals surface area contributed by atoms with Gasteiger partial charge in [-0.05, 0) is 43.9 Å². The molecule has 2 amide bonds. The van der Waals surface area contributed by atoms with Crippen LogP contribution in [-0.2, 0) is 4.79 Å². The van der Waals surface area contributed by atoms with Crippen molar-refractivity contribution < 1.29 is 9.59 Å². The SMILES string of the molecule is CN(C(=O)c1ccc(NC(=O)C2(N)CCCC2)cc1Cl)C1CCCCC1.Cl. The van der Waals surface area contributed by atoms with Crippen LogP contribution in [0.15, 0.2) is 18.2 Å². The molecule has 2 aliphatic rings. The van der Waals surface area contributed by atoms with E-state index < -0.39 is 5.54 Å². The van der Waals surface area contributed by atoms with E-state index in [4.69, 9.17) is 17.3 Å². The maximum atomic E-state index is 12.8. The Bertz CT molecular complexity index is 684. The molecule has 0 radical (unpaired) electrons. The molecule has 2 saturated carbocycles. The van der Waals surface area contributed by atoms with Crippen molar-refractivity contribution in [2.75, 3.05) is 12.4 Å². The van der Waals surface area contributed by atoms with Crippen LogP contribution in [0.25, 0.3) is 0 Å². The van der Waals surface area contributed by atoms with Crippen LogP contribution < -0.4 is 11.1 Å². The van der Waals surface area contributed by atoms with Crippen molar-refractivity contribution >= 4 is 41.5 Å². The fourth-order valence-corrected chi connectivity index (χ4v) is 4.34. The van der Waals surface area contributed by atoms with Gasteiger partial charge in [0.2, 0.25) is 5.91 Å². The van der Waals surface area contributed by atoms with Crippen molar-refractivity contribution in [1.29, 1.82) is 0 Å². The first-order valence-electron chi connectivity index (χ1n) is 9.58. The fraction of sp³-hybridized carbons (Fsp3) is 0.600. The summed E-state index contributed by atoms with van der Waals surface area (Å²) in [5, 5.41) is 3.21. The van der Waals surface area contributed by atoms with Gasteiger partial charge in [-0.2, -0.15) is 0 Å². The van der Waals surface area contributed by atoms with E-state index in [1.165, 1.54) is 19.3 Å². The van der Waals surface area contributed by atoms with Crippen molar-refractivity contribution in [2.45, 2.75) is 69.4 Å². The van der Waals surface area contributed by atoms with Gasteiger partial charge in [0.25, 0.3) is 5.91 Å². The second-order valence-corrected chi connectivity index (χ2v) is 8.13. The minimum absolute atomic E-state index is 0. The number of halogens is 2. The van der Waals surface area contributed by atoms with E-state index in [0.29, 0.717) is 29.1 Å². The average Bonchev–Trinajstić information content (AvgIpc) is 3.09. The zero-order valence-corrected chi connectivity index (χ0v) is 17.4. The highest BCUT2D eigenvalue weighted by Crippen LogP contribution is 2.30. The van der Waals surface area contributed by atoms with Gasteiger partial charge < -0.3 is 16.0 Å². The molecule has 3 rings (SSSR count). The summed E-state index contributed by atoms with van der Waals surface area (Å²) in [6.45, 7) is 0. The Kier molecular flexibility index (Phi) is 7.55. The number of hydrogen-bond donors (Lipinski definition) is 2. The monoisotopic (exact) mass is 413 g/mol. The van der Waals surface area contributed by atoms with E-state index in [9.17, 15) is 9.59 Å². The number of hydrogen-bond acceptors (Lipinski definition) is 3. The van der Waals surface area contributed by atoms with Crippen molar-refractivity contribution in [2.24, 2.45) is 5.73 Å². The Hall–Kier alpha value is -1.30. The minimum atomic E-state index is -0.790. The molecule has 0 unspecified atom stereocenters. The summed E-state index contributed by atoms with van der Waals surface area (Å²) in [7, 11) is 1.85. The molecular weight excluding hydrogens is 385 g/mol. The normalized spacial score (nSPS) is 19.2. The number of nitrogens with zero attached hydrogens (tertiary/aromatic N) is 1. The van der Waals surface area contributed by atoms with E-state index in [-0.39, 0.29) is 30.3 Å². The lowest BCUT2D eigenvalue weighted by atomic mass is 9.94. The lowest BCUT2D eigenvalue weighted by Gasteiger charge is -2.31. The fourth-order valence-electron chi connectivity index (χ4n) is 4.08. The molecule has 7 heteroatoms. The summed E-state index contributed by atoms with van der Waals surface area (Å²) in [5.74, 6) is -0.240. The third-order valence-electron chi connectivity index (χ3n) is 5.85. The van der Waals surface area contributed by atoms with E-state index in [0.717, 1.165) is 25.7 Å². The molecule has 0 saturated heterocycles. The Balaban J connectivity index is 0.00000261. The highest BCUT2D eigenvalue weighted by Gasteiger charge is 2.37. The lowest BCUT2D eigenvalue weighted by Crippen LogP contribution is -2.48. The zero-order chi connectivity index (χ0) is 18.7. The first-order valence-corrected chi connectivity index (χ1v) is 9.95. The minimum Gasteiger partial charge on any atom is -0.339 e. The van der Waals surface area contributed by atoms with Gasteiger partial charge in [-0.1, -0.05) is 43.7 Å². The van der Waals surface area contributed by atoms with Gasteiger partial charge in [-0.15, -0.1) is 12.4 Å². The number of anilines is 1. The van der Waals surface area contributed by atoms with Crippen LogP contribution in [0.4, 0.5) is 5.69 Å². The number of carbonyl (C=O) groups is 2. The number of nitrogens with two attached hydrogens (primary N) is 1. The molecule has 3 N–H and O–H groups in total. The topological polar surface area (TPSA) is 75.4 Å². The van der Waals surface area contributed by atoms with Gasteiger partial charge in [-0.3, -0.25) is 9.59 Å². The van der Waals surface area contributed by atoms with Crippen LogP contribution in [-0.4, -0.2) is 35.3 Å². The Morgan fingerprint density at radius 2 is 1.78 bits per heavy atom. The van der Waals surface area contributed by atoms with Crippen molar-refractivity contribution in [1.82, 2.24) is 4.90 Å². The molecule has 5 nitrogen and oxygen atoms in total. The van der Waals surface area contributed by atoms with Crippen LogP contribution in [0, 0.1) is 0 Å². The van der Waals surface area contributed by atoms with Crippen molar-refractivity contribution in [3.05, 3.63) is 28.8 Å². The zero-order valence-electron chi connectivity index (χ0n) is 15.8. The second kappa shape index (κ2) is 9.26. The average molecular weight is 414 g/mol. The summed E-state index contributed by atoms with van der Waals surface area (Å²) < 4.78 is 0. The summed E-state index contributed by atoms with van der Waals surface area (Å²) >= 11 is 6.36. The van der Waals surface area contributed by atoms with Gasteiger partial charge in [0.15, 0.2) is 0 Å². The van der Waals surface area contributed by atoms with Crippen molar-refractivity contribution in [3.8, 4) is 0 Å². The molecule has 1 aromatic rings. The Labute approximate surface area is 172 Å². The van der Waals surface area contributed by atoms with E-state index in [1.54, 1.807) is 18.2 Å². The van der Waals surface area contributed by atoms with Crippen LogP contribution >= 0.6 is 24.0 Å². The summed E-state index contributed by atoms with van der Waals surface area (Å²) in [6.07, 6.45) is 9.04. The quantitative estimate of drug-likeness (QED) is 0.768. The first-order chi connectivity index (χ1) is 12.4. The predicted molar refractivity (Wildman–Crippen MR) is 112 cm³/mol. The number of rotatable bonds is 4. The van der Waals surface area contributed by atoms with E-state index in [1.807, 2.05) is 11.9 Å². The highest BCUT2D eigenvalue weighted by atomic mass is 35.5. The molecule has 0 atom stereocenters. The molecule has 0 aromatic heterocycles. The van der Waals surface area contributed by atoms with Gasteiger partial charge >= 0.3 is 0 Å². The predicted octanol–water partition coefficient (Wildman–Crippen LogP) is 4.38. The maximum Gasteiger partial charge on any atom is 0.255 e. The Morgan fingerprint density at radius 1 is 1.15 bits per heavy atom. The van der Waals surface area contributed by atoms with Crippen molar-refractivity contribution in [3.63, 3.8) is 0 Å². The lowest BCUT2D eigenvalue weighted by molar-refractivity contribution is -0.121. The van der Waals surface area contributed by atoms with E-state index >= 15 is 0 Å². The largest absolute Gasteiger partial charge is 0.339 e. The third kappa shape index (κ3) is 4.95. The Morgan fingerprint density at radius 3 is 2.37 bits per heavy atom. The highest BCUT2D eigenvalue weighted by molar-refractivity contribution is 6.34. The third-order valence-corrected chi connectivity index (χ3v) is 6.16. The van der Waals surface area contributed by atoms with Gasteiger partial charge in [0, 0.05) is 18.8 Å². The smallest absolute Gasteiger partial charge is 0.255 e. The molecule has 1 aromatic carbocycles. The second-order valence-electron chi connectivity index (χ2n) is 7.72. The molecule has 0 heterocycles. The van der Waals surface area contributed by atoms with Crippen LogP contribution in [0.3, 0.4) is 0 Å². The number of amides is 2. The first kappa shape index (κ1) is 22.0.